The van der Waals surface area contributed by atoms with Crippen LogP contribution in [0.5, 0.6) is 0 Å². The van der Waals surface area contributed by atoms with E-state index in [1.807, 2.05) is 0 Å². The topological polar surface area (TPSA) is 18.5 Å². The van der Waals surface area contributed by atoms with Gasteiger partial charge in [-0.3, -0.25) is 5.43 Å². The van der Waals surface area contributed by atoms with E-state index in [2.05, 4.69) is 34.1 Å². The molecule has 2 saturated heterocycles. The Bertz CT molecular complexity index is 163. The molecule has 0 aliphatic carbocycles. The van der Waals surface area contributed by atoms with Gasteiger partial charge in [0.25, 0.3) is 0 Å². The van der Waals surface area contributed by atoms with Crippen LogP contribution in [-0.2, 0) is 0 Å². The zero-order valence-corrected chi connectivity index (χ0v) is 9.85. The predicted octanol–water partition coefficient (Wildman–Crippen LogP) is 0.634. The molecule has 0 aromatic heterocycles. The summed E-state index contributed by atoms with van der Waals surface area (Å²) in [6.07, 6.45) is 2.69. The molecule has 2 heterocycles. The quantitative estimate of drug-likeness (QED) is 0.728. The number of likely N-dealkylation sites (N-methyl/N-ethyl adjacent to an activating group) is 1. The molecule has 0 unspecified atom stereocenters. The maximum atomic E-state index is 3.67. The molecule has 14 heavy (non-hydrogen) atoms. The van der Waals surface area contributed by atoms with Crippen molar-refractivity contribution in [1.82, 2.24) is 15.3 Å². The van der Waals surface area contributed by atoms with Crippen LogP contribution < -0.4 is 5.43 Å². The summed E-state index contributed by atoms with van der Waals surface area (Å²) >= 11 is 2.09. The van der Waals surface area contributed by atoms with E-state index >= 15 is 0 Å². The minimum absolute atomic E-state index is 0.750. The van der Waals surface area contributed by atoms with E-state index in [9.17, 15) is 0 Å². The second kappa shape index (κ2) is 5.35. The summed E-state index contributed by atoms with van der Waals surface area (Å²) in [6, 6.07) is 0.750. The fourth-order valence-electron chi connectivity index (χ4n) is 2.02. The minimum atomic E-state index is 0.750. The maximum absolute atomic E-state index is 3.67. The SMILES string of the molecule is CN1CCN(NC2CCSCC2)CC1. The van der Waals surface area contributed by atoms with E-state index in [-0.39, 0.29) is 0 Å². The Balaban J connectivity index is 1.68. The highest BCUT2D eigenvalue weighted by Gasteiger charge is 2.19. The molecule has 82 valence electrons. The van der Waals surface area contributed by atoms with E-state index in [1.54, 1.807) is 0 Å². The van der Waals surface area contributed by atoms with Gasteiger partial charge < -0.3 is 4.90 Å². The number of hydrazine groups is 1. The van der Waals surface area contributed by atoms with Gasteiger partial charge in [-0.05, 0) is 31.4 Å². The fraction of sp³-hybridized carbons (Fsp3) is 1.00. The highest BCUT2D eigenvalue weighted by Crippen LogP contribution is 2.17. The Morgan fingerprint density at radius 2 is 1.71 bits per heavy atom. The lowest BCUT2D eigenvalue weighted by Crippen LogP contribution is -2.54. The van der Waals surface area contributed by atoms with Gasteiger partial charge in [0.15, 0.2) is 0 Å². The van der Waals surface area contributed by atoms with Crippen molar-refractivity contribution in [2.45, 2.75) is 18.9 Å². The molecule has 0 atom stereocenters. The van der Waals surface area contributed by atoms with E-state index in [0.717, 1.165) is 6.04 Å². The average Bonchev–Trinajstić information content (AvgIpc) is 2.23. The Labute approximate surface area is 91.2 Å². The number of nitrogens with one attached hydrogen (secondary N) is 1. The Morgan fingerprint density at radius 1 is 1.07 bits per heavy atom. The summed E-state index contributed by atoms with van der Waals surface area (Å²) in [5.74, 6) is 2.68. The van der Waals surface area contributed by atoms with Crippen LogP contribution in [0.1, 0.15) is 12.8 Å². The van der Waals surface area contributed by atoms with Gasteiger partial charge in [0.05, 0.1) is 0 Å². The monoisotopic (exact) mass is 215 g/mol. The first-order valence-electron chi connectivity index (χ1n) is 5.62. The summed E-state index contributed by atoms with van der Waals surface area (Å²) < 4.78 is 0. The van der Waals surface area contributed by atoms with Crippen LogP contribution in [0.4, 0.5) is 0 Å². The summed E-state index contributed by atoms with van der Waals surface area (Å²) in [6.45, 7) is 4.77. The minimum Gasteiger partial charge on any atom is -0.304 e. The molecule has 2 aliphatic heterocycles. The summed E-state index contributed by atoms with van der Waals surface area (Å²) in [5.41, 5.74) is 3.67. The number of hydrogen-bond donors (Lipinski definition) is 1. The molecular formula is C10H21N3S. The van der Waals surface area contributed by atoms with E-state index in [4.69, 9.17) is 0 Å². The van der Waals surface area contributed by atoms with E-state index in [1.165, 1.54) is 50.5 Å². The highest BCUT2D eigenvalue weighted by molar-refractivity contribution is 7.99. The van der Waals surface area contributed by atoms with Crippen LogP contribution in [0, 0.1) is 0 Å². The lowest BCUT2D eigenvalue weighted by molar-refractivity contribution is 0.0848. The van der Waals surface area contributed by atoms with Crippen molar-refractivity contribution in [2.75, 3.05) is 44.7 Å². The number of rotatable bonds is 2. The van der Waals surface area contributed by atoms with Crippen LogP contribution in [0.25, 0.3) is 0 Å². The average molecular weight is 215 g/mol. The molecule has 0 spiro atoms. The largest absolute Gasteiger partial charge is 0.304 e. The zero-order valence-electron chi connectivity index (χ0n) is 9.04. The van der Waals surface area contributed by atoms with E-state index < -0.39 is 0 Å². The molecule has 2 fully saturated rings. The van der Waals surface area contributed by atoms with Crippen LogP contribution in [0.3, 0.4) is 0 Å². The Kier molecular flexibility index (Phi) is 4.10. The first kappa shape index (κ1) is 10.7. The van der Waals surface area contributed by atoms with E-state index in [0.29, 0.717) is 0 Å². The van der Waals surface area contributed by atoms with Crippen LogP contribution >= 0.6 is 11.8 Å². The normalized spacial score (nSPS) is 28.1. The first-order valence-corrected chi connectivity index (χ1v) is 6.77. The number of piperazine rings is 1. The van der Waals surface area contributed by atoms with Gasteiger partial charge in [-0.25, -0.2) is 5.01 Å². The second-order valence-electron chi connectivity index (χ2n) is 4.31. The molecule has 1 N–H and O–H groups in total. The van der Waals surface area contributed by atoms with Crippen molar-refractivity contribution in [3.63, 3.8) is 0 Å². The van der Waals surface area contributed by atoms with Crippen LogP contribution in [-0.4, -0.2) is 60.7 Å². The maximum Gasteiger partial charge on any atom is 0.0259 e. The van der Waals surface area contributed by atoms with Crippen molar-refractivity contribution in [3.05, 3.63) is 0 Å². The smallest absolute Gasteiger partial charge is 0.0259 e. The molecule has 0 aromatic carbocycles. The molecule has 0 bridgehead atoms. The third-order valence-corrected chi connectivity index (χ3v) is 4.14. The van der Waals surface area contributed by atoms with Gasteiger partial charge in [0, 0.05) is 32.2 Å². The van der Waals surface area contributed by atoms with Gasteiger partial charge in [-0.15, -0.1) is 0 Å². The molecule has 2 aliphatic rings. The van der Waals surface area contributed by atoms with Gasteiger partial charge in [-0.1, -0.05) is 0 Å². The Morgan fingerprint density at radius 3 is 2.36 bits per heavy atom. The van der Waals surface area contributed by atoms with Crippen molar-refractivity contribution in [2.24, 2.45) is 0 Å². The van der Waals surface area contributed by atoms with Crippen LogP contribution in [0.15, 0.2) is 0 Å². The lowest BCUT2D eigenvalue weighted by Gasteiger charge is -2.36. The summed E-state index contributed by atoms with van der Waals surface area (Å²) in [7, 11) is 2.20. The molecular weight excluding hydrogens is 194 g/mol. The van der Waals surface area contributed by atoms with Gasteiger partial charge >= 0.3 is 0 Å². The third-order valence-electron chi connectivity index (χ3n) is 3.09. The van der Waals surface area contributed by atoms with Crippen molar-refractivity contribution >= 4 is 11.8 Å². The summed E-state index contributed by atoms with van der Waals surface area (Å²) in [5, 5.41) is 2.42. The molecule has 0 saturated carbocycles. The highest BCUT2D eigenvalue weighted by atomic mass is 32.2. The zero-order chi connectivity index (χ0) is 9.80. The number of thioether (sulfide) groups is 1. The molecule has 4 heteroatoms. The van der Waals surface area contributed by atoms with Crippen molar-refractivity contribution in [1.29, 1.82) is 0 Å². The van der Waals surface area contributed by atoms with Crippen LogP contribution in [0.2, 0.25) is 0 Å². The Hall–Kier alpha value is 0.230. The molecule has 0 radical (unpaired) electrons. The molecule has 2 rings (SSSR count). The first-order chi connectivity index (χ1) is 6.84. The molecule has 3 nitrogen and oxygen atoms in total. The molecule has 0 aromatic rings. The van der Waals surface area contributed by atoms with Gasteiger partial charge in [-0.2, -0.15) is 11.8 Å². The van der Waals surface area contributed by atoms with Crippen molar-refractivity contribution < 1.29 is 0 Å². The summed E-state index contributed by atoms with van der Waals surface area (Å²) in [4.78, 5) is 2.40. The number of hydrogen-bond acceptors (Lipinski definition) is 4. The third kappa shape index (κ3) is 3.12. The standard InChI is InChI=1S/C10H21N3S/c1-12-4-6-13(7-5-12)11-10-2-8-14-9-3-10/h10-11H,2-9H2,1H3. The fourth-order valence-corrected chi connectivity index (χ4v) is 3.13. The lowest BCUT2D eigenvalue weighted by atomic mass is 10.2. The number of nitrogens with zero attached hydrogens (tertiary/aromatic N) is 2. The van der Waals surface area contributed by atoms with Gasteiger partial charge in [0.1, 0.15) is 0 Å². The second-order valence-corrected chi connectivity index (χ2v) is 5.53. The molecule has 0 amide bonds. The van der Waals surface area contributed by atoms with Crippen molar-refractivity contribution in [3.8, 4) is 0 Å². The predicted molar refractivity (Wildman–Crippen MR) is 62.6 cm³/mol. The van der Waals surface area contributed by atoms with Gasteiger partial charge in [0.2, 0.25) is 0 Å².